The highest BCUT2D eigenvalue weighted by atomic mass is 19.1. The van der Waals surface area contributed by atoms with Gasteiger partial charge in [-0.3, -0.25) is 4.79 Å². The van der Waals surface area contributed by atoms with E-state index in [-0.39, 0.29) is 24.2 Å². The van der Waals surface area contributed by atoms with Crippen LogP contribution in [0.5, 0.6) is 11.5 Å². The normalized spacial score (nSPS) is 15.1. The number of carbonyl (C=O) groups is 1. The number of nitrogens with one attached hydrogen (secondary N) is 1. The Hall–Kier alpha value is -3.52. The number of anilines is 1. The van der Waals surface area contributed by atoms with Crippen LogP contribution in [0.4, 0.5) is 10.1 Å². The third-order valence-electron chi connectivity index (χ3n) is 6.23. The number of amides is 1. The number of halogens is 1. The number of ether oxygens (including phenoxy) is 2. The number of hydrogen-bond acceptors (Lipinski definition) is 6. The molecule has 0 fully saturated rings. The van der Waals surface area contributed by atoms with Gasteiger partial charge in [0.2, 0.25) is 0 Å². The zero-order valence-corrected chi connectivity index (χ0v) is 19.5. The lowest BCUT2D eigenvalue weighted by molar-refractivity contribution is -0.121. The van der Waals surface area contributed by atoms with E-state index in [1.807, 2.05) is 13.8 Å². The summed E-state index contributed by atoms with van der Waals surface area (Å²) in [5.74, 6) is 0.718. The number of aromatic nitrogens is 2. The molecule has 0 radical (unpaired) electrons. The second-order valence-corrected chi connectivity index (χ2v) is 8.86. The maximum absolute atomic E-state index is 14.9. The largest absolute Gasteiger partial charge is 0.493 e. The monoisotopic (exact) mass is 462 g/mol. The molecule has 0 spiro atoms. The van der Waals surface area contributed by atoms with E-state index in [0.29, 0.717) is 35.0 Å². The second-order valence-electron chi connectivity index (χ2n) is 8.86. The SMILES string of the molecule is COc1cc(-c2nc(Cc3ccc4c(c3)CCNC4)ncc2F)cc2c1OCC(=O)N2C(C)C. The molecule has 2 aromatic carbocycles. The smallest absolute Gasteiger partial charge is 0.265 e. The van der Waals surface area contributed by atoms with Gasteiger partial charge >= 0.3 is 0 Å². The van der Waals surface area contributed by atoms with Crippen LogP contribution in [0.2, 0.25) is 0 Å². The Balaban J connectivity index is 1.53. The summed E-state index contributed by atoms with van der Waals surface area (Å²) in [5, 5.41) is 3.38. The summed E-state index contributed by atoms with van der Waals surface area (Å²) in [4.78, 5) is 23.0. The fraction of sp³-hybridized carbons (Fsp3) is 0.346. The molecule has 34 heavy (non-hydrogen) atoms. The van der Waals surface area contributed by atoms with Gasteiger partial charge in [-0.1, -0.05) is 18.2 Å². The molecule has 0 saturated heterocycles. The van der Waals surface area contributed by atoms with Crippen LogP contribution in [0.25, 0.3) is 11.3 Å². The van der Waals surface area contributed by atoms with Crippen molar-refractivity contribution in [2.24, 2.45) is 0 Å². The molecule has 0 saturated carbocycles. The Morgan fingerprint density at radius 3 is 2.88 bits per heavy atom. The summed E-state index contributed by atoms with van der Waals surface area (Å²) in [6, 6.07) is 9.72. The molecule has 1 aromatic heterocycles. The van der Waals surface area contributed by atoms with Crippen molar-refractivity contribution in [3.63, 3.8) is 0 Å². The first-order valence-corrected chi connectivity index (χ1v) is 11.4. The maximum Gasteiger partial charge on any atom is 0.265 e. The average molecular weight is 463 g/mol. The summed E-state index contributed by atoms with van der Waals surface area (Å²) in [6.07, 6.45) is 2.68. The molecule has 1 amide bonds. The second kappa shape index (κ2) is 9.02. The summed E-state index contributed by atoms with van der Waals surface area (Å²) in [6.45, 7) is 5.62. The summed E-state index contributed by atoms with van der Waals surface area (Å²) >= 11 is 0. The van der Waals surface area contributed by atoms with E-state index >= 15 is 0 Å². The molecular formula is C26H27FN4O3. The highest BCUT2D eigenvalue weighted by Crippen LogP contribution is 2.44. The van der Waals surface area contributed by atoms with Gasteiger partial charge in [0.25, 0.3) is 5.91 Å². The van der Waals surface area contributed by atoms with Crippen LogP contribution in [0.3, 0.4) is 0 Å². The predicted octanol–water partition coefficient (Wildman–Crippen LogP) is 3.66. The van der Waals surface area contributed by atoms with Crippen LogP contribution in [0.1, 0.15) is 36.4 Å². The zero-order valence-electron chi connectivity index (χ0n) is 19.5. The van der Waals surface area contributed by atoms with E-state index in [4.69, 9.17) is 9.47 Å². The lowest BCUT2D eigenvalue weighted by atomic mass is 9.97. The first kappa shape index (κ1) is 22.3. The predicted molar refractivity (Wildman–Crippen MR) is 127 cm³/mol. The number of carbonyl (C=O) groups excluding carboxylic acids is 1. The van der Waals surface area contributed by atoms with Gasteiger partial charge < -0.3 is 19.7 Å². The van der Waals surface area contributed by atoms with Crippen LogP contribution in [0.15, 0.2) is 36.5 Å². The summed E-state index contributed by atoms with van der Waals surface area (Å²) < 4.78 is 26.1. The Kier molecular flexibility index (Phi) is 5.91. The minimum Gasteiger partial charge on any atom is -0.493 e. The molecule has 3 heterocycles. The zero-order chi connectivity index (χ0) is 23.8. The van der Waals surface area contributed by atoms with Gasteiger partial charge in [-0.15, -0.1) is 0 Å². The fourth-order valence-corrected chi connectivity index (χ4v) is 4.62. The molecule has 0 unspecified atom stereocenters. The van der Waals surface area contributed by atoms with Crippen molar-refractivity contribution in [3.8, 4) is 22.8 Å². The van der Waals surface area contributed by atoms with Gasteiger partial charge in [0, 0.05) is 24.6 Å². The lowest BCUT2D eigenvalue weighted by Crippen LogP contribution is -2.43. The molecule has 2 aliphatic heterocycles. The van der Waals surface area contributed by atoms with E-state index in [1.165, 1.54) is 24.4 Å². The molecule has 176 valence electrons. The number of nitrogens with zero attached hydrogens (tertiary/aromatic N) is 3. The highest BCUT2D eigenvalue weighted by Gasteiger charge is 2.31. The van der Waals surface area contributed by atoms with E-state index in [9.17, 15) is 9.18 Å². The first-order valence-electron chi connectivity index (χ1n) is 11.4. The Labute approximate surface area is 197 Å². The Morgan fingerprint density at radius 1 is 1.24 bits per heavy atom. The van der Waals surface area contributed by atoms with Gasteiger partial charge in [-0.25, -0.2) is 14.4 Å². The third-order valence-corrected chi connectivity index (χ3v) is 6.23. The number of fused-ring (bicyclic) bond motifs is 2. The molecule has 2 aliphatic rings. The number of methoxy groups -OCH3 is 1. The molecule has 1 N–H and O–H groups in total. The lowest BCUT2D eigenvalue weighted by Gasteiger charge is -2.33. The van der Waals surface area contributed by atoms with Crippen LogP contribution < -0.4 is 19.7 Å². The quantitative estimate of drug-likeness (QED) is 0.624. The van der Waals surface area contributed by atoms with Gasteiger partial charge in [0.15, 0.2) is 23.9 Å². The molecule has 3 aromatic rings. The van der Waals surface area contributed by atoms with Gasteiger partial charge in [0.05, 0.1) is 19.0 Å². The maximum atomic E-state index is 14.9. The number of rotatable bonds is 5. The van der Waals surface area contributed by atoms with E-state index in [2.05, 4.69) is 33.5 Å². The van der Waals surface area contributed by atoms with Crippen molar-refractivity contribution >= 4 is 11.6 Å². The van der Waals surface area contributed by atoms with E-state index in [1.54, 1.807) is 17.0 Å². The molecule has 0 bridgehead atoms. The number of benzene rings is 2. The molecule has 0 aliphatic carbocycles. The molecule has 8 heteroatoms. The topological polar surface area (TPSA) is 76.6 Å². The van der Waals surface area contributed by atoms with Crippen molar-refractivity contribution in [2.45, 2.75) is 39.3 Å². The highest BCUT2D eigenvalue weighted by molar-refractivity contribution is 6.00. The van der Waals surface area contributed by atoms with Crippen LogP contribution in [-0.4, -0.2) is 42.2 Å². The molecule has 5 rings (SSSR count). The standard InChI is InChI=1S/C26H27FN4O3/c1-15(2)31-21-10-19(11-22(33-3)26(21)34-14-24(31)32)25-20(27)13-29-23(30-25)9-16-4-5-18-12-28-7-6-17(18)8-16/h4-5,8,10-11,13,15,28H,6-7,9,12,14H2,1-3H3. The average Bonchev–Trinajstić information content (AvgIpc) is 2.84. The van der Waals surface area contributed by atoms with Crippen LogP contribution in [-0.2, 0) is 24.2 Å². The van der Waals surface area contributed by atoms with Crippen molar-refractivity contribution in [1.29, 1.82) is 0 Å². The van der Waals surface area contributed by atoms with Gasteiger partial charge in [-0.05, 0) is 55.6 Å². The van der Waals surface area contributed by atoms with E-state index < -0.39 is 5.82 Å². The minimum absolute atomic E-state index is 0.0657. The molecule has 7 nitrogen and oxygen atoms in total. The van der Waals surface area contributed by atoms with Crippen molar-refractivity contribution < 1.29 is 18.7 Å². The third kappa shape index (κ3) is 4.09. The van der Waals surface area contributed by atoms with Crippen molar-refractivity contribution in [3.05, 3.63) is 64.9 Å². The Morgan fingerprint density at radius 2 is 2.09 bits per heavy atom. The van der Waals surface area contributed by atoms with Gasteiger partial charge in [0.1, 0.15) is 11.5 Å². The van der Waals surface area contributed by atoms with Gasteiger partial charge in [-0.2, -0.15) is 0 Å². The fourth-order valence-electron chi connectivity index (χ4n) is 4.62. The summed E-state index contributed by atoms with van der Waals surface area (Å²) in [5.41, 5.74) is 4.93. The van der Waals surface area contributed by atoms with Crippen LogP contribution in [0, 0.1) is 5.82 Å². The summed E-state index contributed by atoms with van der Waals surface area (Å²) in [7, 11) is 1.52. The first-order chi connectivity index (χ1) is 16.4. The molecule has 0 atom stereocenters. The molecular weight excluding hydrogens is 435 g/mol. The van der Waals surface area contributed by atoms with Crippen molar-refractivity contribution in [1.82, 2.24) is 15.3 Å². The van der Waals surface area contributed by atoms with E-state index in [0.717, 1.165) is 25.1 Å². The number of hydrogen-bond donors (Lipinski definition) is 1. The van der Waals surface area contributed by atoms with Crippen LogP contribution >= 0.6 is 0 Å². The Bertz CT molecular complexity index is 1260. The van der Waals surface area contributed by atoms with Crippen molar-refractivity contribution in [2.75, 3.05) is 25.2 Å². The minimum atomic E-state index is -0.540.